The van der Waals surface area contributed by atoms with Crippen molar-refractivity contribution in [1.82, 2.24) is 29.7 Å². The van der Waals surface area contributed by atoms with Gasteiger partial charge in [0.2, 0.25) is 0 Å². The summed E-state index contributed by atoms with van der Waals surface area (Å²) in [6.07, 6.45) is 6.69. The normalized spacial score (nSPS) is 19.7. The van der Waals surface area contributed by atoms with Crippen molar-refractivity contribution in [2.24, 2.45) is 0 Å². The maximum atomic E-state index is 12.8. The highest BCUT2D eigenvalue weighted by molar-refractivity contribution is 7.31. The number of likely N-dealkylation sites (tertiary alicyclic amines) is 2. The van der Waals surface area contributed by atoms with E-state index in [-0.39, 0.29) is 24.3 Å². The number of fused-ring (bicyclic) bond motifs is 1. The van der Waals surface area contributed by atoms with Crippen LogP contribution in [0, 0.1) is 0 Å². The lowest BCUT2D eigenvalue weighted by Gasteiger charge is -2.27. The molecule has 2 aliphatic rings. The maximum Gasteiger partial charge on any atom is 0.410 e. The number of aromatic amines is 2. The predicted octanol–water partition coefficient (Wildman–Crippen LogP) is 7.89. The predicted molar refractivity (Wildman–Crippen MR) is 165 cm³/mol. The molecule has 0 spiro atoms. The van der Waals surface area contributed by atoms with Gasteiger partial charge < -0.3 is 19.4 Å². The first-order valence-electron chi connectivity index (χ1n) is 14.5. The second kappa shape index (κ2) is 10.7. The van der Waals surface area contributed by atoms with Gasteiger partial charge >= 0.3 is 12.2 Å². The van der Waals surface area contributed by atoms with E-state index in [9.17, 15) is 9.59 Å². The number of aromatic nitrogens is 4. The number of hydrogen-bond donors (Lipinski definition) is 2. The van der Waals surface area contributed by atoms with Crippen LogP contribution in [-0.4, -0.2) is 66.2 Å². The van der Waals surface area contributed by atoms with Gasteiger partial charge in [-0.2, -0.15) is 0 Å². The zero-order valence-corrected chi connectivity index (χ0v) is 26.6. The molecule has 4 aromatic heterocycles. The van der Waals surface area contributed by atoms with Crippen LogP contribution >= 0.6 is 22.7 Å². The van der Waals surface area contributed by atoms with Gasteiger partial charge in [0.25, 0.3) is 0 Å². The molecule has 6 rings (SSSR count). The smallest absolute Gasteiger partial charge is 0.410 e. The maximum absolute atomic E-state index is 12.8. The average Bonchev–Trinajstić information content (AvgIpc) is 3.71. The van der Waals surface area contributed by atoms with Crippen LogP contribution in [0.2, 0.25) is 0 Å². The second-order valence-electron chi connectivity index (χ2n) is 13.0. The third-order valence-electron chi connectivity index (χ3n) is 7.32. The molecule has 10 nitrogen and oxygen atoms in total. The van der Waals surface area contributed by atoms with Crippen molar-refractivity contribution < 1.29 is 19.1 Å². The highest BCUT2D eigenvalue weighted by Gasteiger charge is 2.36. The minimum absolute atomic E-state index is 0.109. The summed E-state index contributed by atoms with van der Waals surface area (Å²) in [5.41, 5.74) is 0.829. The van der Waals surface area contributed by atoms with Crippen molar-refractivity contribution in [2.75, 3.05) is 13.1 Å². The number of carbonyl (C=O) groups is 2. The molecule has 12 heteroatoms. The fraction of sp³-hybridized carbons (Fsp3) is 0.533. The summed E-state index contributed by atoms with van der Waals surface area (Å²) in [5.74, 6) is 1.59. The number of nitrogens with zero attached hydrogens (tertiary/aromatic N) is 4. The lowest BCUT2D eigenvalue weighted by molar-refractivity contribution is 0.0208. The van der Waals surface area contributed by atoms with Crippen LogP contribution in [0.5, 0.6) is 0 Å². The highest BCUT2D eigenvalue weighted by atomic mass is 32.1. The number of ether oxygens (including phenoxy) is 2. The largest absolute Gasteiger partial charge is 0.444 e. The van der Waals surface area contributed by atoms with Gasteiger partial charge in [-0.05, 0) is 79.4 Å². The molecule has 0 radical (unpaired) electrons. The van der Waals surface area contributed by atoms with E-state index in [0.717, 1.165) is 58.5 Å². The van der Waals surface area contributed by atoms with Crippen LogP contribution < -0.4 is 0 Å². The van der Waals surface area contributed by atoms with Crippen molar-refractivity contribution in [1.29, 1.82) is 0 Å². The molecule has 0 unspecified atom stereocenters. The Bertz CT molecular complexity index is 1460. The van der Waals surface area contributed by atoms with E-state index in [1.54, 1.807) is 32.5 Å². The Morgan fingerprint density at radius 1 is 0.762 bits per heavy atom. The van der Waals surface area contributed by atoms with Gasteiger partial charge in [0.15, 0.2) is 0 Å². The van der Waals surface area contributed by atoms with Gasteiger partial charge in [-0.3, -0.25) is 9.80 Å². The first kappa shape index (κ1) is 28.7. The minimum atomic E-state index is -0.533. The number of H-pyrrole nitrogens is 2. The van der Waals surface area contributed by atoms with E-state index in [4.69, 9.17) is 9.47 Å². The molecule has 224 valence electrons. The lowest BCUT2D eigenvalue weighted by atomic mass is 10.2. The Hall–Kier alpha value is -3.38. The molecule has 2 fully saturated rings. The molecule has 2 amide bonds. The van der Waals surface area contributed by atoms with Crippen molar-refractivity contribution in [3.8, 4) is 21.1 Å². The molecule has 0 aliphatic carbocycles. The standard InChI is InChI=1S/C30H38N6O4S2/c1-29(2,3)39-27(37)35-11-7-9-19(35)25-31-15-17(33-25)21-13-23-24(41-21)14-22(42-23)18-16-32-26(34-18)20-10-8-12-36(20)28(38)40-30(4,5)6/h13-16,19-20H,7-12H2,1-6H3,(H,31,33)(H,32,34)/t19-,20-/m0/s1. The molecule has 2 saturated heterocycles. The van der Waals surface area contributed by atoms with Gasteiger partial charge in [0.05, 0.1) is 45.6 Å². The molecule has 2 atom stereocenters. The molecule has 42 heavy (non-hydrogen) atoms. The Labute approximate surface area is 253 Å². The number of amides is 2. The number of thiophene rings is 2. The summed E-state index contributed by atoms with van der Waals surface area (Å²) in [7, 11) is 0. The Kier molecular flexibility index (Phi) is 7.33. The van der Waals surface area contributed by atoms with Crippen LogP contribution in [0.25, 0.3) is 30.5 Å². The van der Waals surface area contributed by atoms with Crippen molar-refractivity contribution in [3.63, 3.8) is 0 Å². The van der Waals surface area contributed by atoms with Crippen LogP contribution in [0.15, 0.2) is 24.5 Å². The highest BCUT2D eigenvalue weighted by Crippen LogP contribution is 2.42. The average molecular weight is 611 g/mol. The summed E-state index contributed by atoms with van der Waals surface area (Å²) in [4.78, 5) is 47.6. The topological polar surface area (TPSA) is 116 Å². The summed E-state index contributed by atoms with van der Waals surface area (Å²) in [6.45, 7) is 12.6. The van der Waals surface area contributed by atoms with Crippen LogP contribution in [0.3, 0.4) is 0 Å². The van der Waals surface area contributed by atoms with E-state index < -0.39 is 11.2 Å². The van der Waals surface area contributed by atoms with Gasteiger partial charge in [0, 0.05) is 22.5 Å². The molecule has 0 bridgehead atoms. The monoisotopic (exact) mass is 610 g/mol. The molecule has 2 aliphatic heterocycles. The van der Waals surface area contributed by atoms with Gasteiger partial charge in [-0.25, -0.2) is 19.6 Å². The molecule has 4 aromatic rings. The van der Waals surface area contributed by atoms with Crippen LogP contribution in [0.4, 0.5) is 9.59 Å². The second-order valence-corrected chi connectivity index (χ2v) is 15.1. The molecule has 0 aromatic carbocycles. The van der Waals surface area contributed by atoms with E-state index >= 15 is 0 Å². The number of rotatable bonds is 4. The molecule has 6 heterocycles. The summed E-state index contributed by atoms with van der Waals surface area (Å²) >= 11 is 3.42. The summed E-state index contributed by atoms with van der Waals surface area (Å²) < 4.78 is 13.6. The Balaban J connectivity index is 1.16. The zero-order chi connectivity index (χ0) is 29.8. The van der Waals surface area contributed by atoms with E-state index in [1.807, 2.05) is 53.9 Å². The fourth-order valence-electron chi connectivity index (χ4n) is 5.54. The molecule has 0 saturated carbocycles. The number of nitrogens with one attached hydrogen (secondary N) is 2. The van der Waals surface area contributed by atoms with E-state index in [2.05, 4.69) is 32.1 Å². The molecular weight excluding hydrogens is 573 g/mol. The van der Waals surface area contributed by atoms with Crippen LogP contribution in [-0.2, 0) is 9.47 Å². The zero-order valence-electron chi connectivity index (χ0n) is 24.9. The van der Waals surface area contributed by atoms with Crippen molar-refractivity contribution in [3.05, 3.63) is 36.2 Å². The number of carbonyl (C=O) groups excluding carboxylic acids is 2. The van der Waals surface area contributed by atoms with E-state index in [1.165, 1.54) is 9.40 Å². The van der Waals surface area contributed by atoms with Crippen molar-refractivity contribution in [2.45, 2.75) is 90.5 Å². The third kappa shape index (κ3) is 5.92. The fourth-order valence-corrected chi connectivity index (χ4v) is 7.87. The Morgan fingerprint density at radius 3 is 1.55 bits per heavy atom. The van der Waals surface area contributed by atoms with Crippen molar-refractivity contribution >= 4 is 44.3 Å². The summed E-state index contributed by atoms with van der Waals surface area (Å²) in [6, 6.07) is 4.15. The lowest BCUT2D eigenvalue weighted by Crippen LogP contribution is -2.36. The van der Waals surface area contributed by atoms with Crippen LogP contribution in [0.1, 0.15) is 91.0 Å². The van der Waals surface area contributed by atoms with Gasteiger partial charge in [-0.15, -0.1) is 22.7 Å². The summed E-state index contributed by atoms with van der Waals surface area (Å²) in [5, 5.41) is 0. The van der Waals surface area contributed by atoms with Gasteiger partial charge in [0.1, 0.15) is 22.9 Å². The Morgan fingerprint density at radius 2 is 1.17 bits per heavy atom. The first-order chi connectivity index (χ1) is 19.8. The SMILES string of the molecule is CC(C)(C)OC(=O)N1CCC[C@H]1c1ncc(-c2cc3sc(-c4cnc([C@@H]5CCCN5C(=O)OC(C)(C)C)[nH]4)cc3s2)[nH]1. The molecule has 2 N–H and O–H groups in total. The third-order valence-corrected chi connectivity index (χ3v) is 9.68. The van der Waals surface area contributed by atoms with Gasteiger partial charge in [-0.1, -0.05) is 0 Å². The minimum Gasteiger partial charge on any atom is -0.444 e. The molecular formula is C30H38N6O4S2. The number of hydrogen-bond acceptors (Lipinski definition) is 8. The first-order valence-corrected chi connectivity index (χ1v) is 16.1. The number of imidazole rings is 2. The van der Waals surface area contributed by atoms with E-state index in [0.29, 0.717) is 13.1 Å². The quantitative estimate of drug-likeness (QED) is 0.243.